The molecule has 0 aliphatic carbocycles. The van der Waals surface area contributed by atoms with E-state index in [1.807, 2.05) is 13.0 Å². The van der Waals surface area contributed by atoms with Gasteiger partial charge in [0.2, 0.25) is 6.17 Å². The zero-order chi connectivity index (χ0) is 19.3. The van der Waals surface area contributed by atoms with Gasteiger partial charge in [0.15, 0.2) is 5.75 Å². The smallest absolute Gasteiger partial charge is 0.338 e. The predicted octanol–water partition coefficient (Wildman–Crippen LogP) is 5.62. The molecule has 0 spiro atoms. The third kappa shape index (κ3) is 5.66. The molecule has 8 heteroatoms. The number of carboxylic acid groups (broad SMARTS) is 1. The number of hydrogen-bond acceptors (Lipinski definition) is 3. The third-order valence-electron chi connectivity index (χ3n) is 3.46. The minimum Gasteiger partial charge on any atom is -0.486 e. The van der Waals surface area contributed by atoms with E-state index in [9.17, 15) is 9.18 Å². The molecule has 2 N–H and O–H groups in total. The van der Waals surface area contributed by atoms with E-state index in [1.165, 1.54) is 12.1 Å². The summed E-state index contributed by atoms with van der Waals surface area (Å²) in [6, 6.07) is 8.35. The zero-order valence-electron chi connectivity index (χ0n) is 13.9. The van der Waals surface area contributed by atoms with Crippen molar-refractivity contribution in [2.45, 2.75) is 26.1 Å². The molecule has 2 rings (SSSR count). The fourth-order valence-corrected chi connectivity index (χ4v) is 3.26. The maximum atomic E-state index is 13.3. The van der Waals surface area contributed by atoms with Gasteiger partial charge in [0.1, 0.15) is 6.61 Å². The van der Waals surface area contributed by atoms with E-state index in [-0.39, 0.29) is 28.8 Å². The fraction of sp³-hybridized carbons (Fsp3) is 0.278. The fourth-order valence-electron chi connectivity index (χ4n) is 2.36. The van der Waals surface area contributed by atoms with Gasteiger partial charge in [-0.25, -0.2) is 9.18 Å². The Morgan fingerprint density at radius 2 is 1.81 bits per heavy atom. The van der Waals surface area contributed by atoms with E-state index in [4.69, 9.17) is 44.6 Å². The number of rotatable bonds is 8. The molecule has 2 aromatic carbocycles. The van der Waals surface area contributed by atoms with E-state index in [1.54, 1.807) is 12.1 Å². The van der Waals surface area contributed by atoms with Crippen LogP contribution in [0.2, 0.25) is 15.1 Å². The lowest BCUT2D eigenvalue weighted by molar-refractivity contribution is -0.142. The lowest BCUT2D eigenvalue weighted by Crippen LogP contribution is -2.17. The highest BCUT2D eigenvalue weighted by Crippen LogP contribution is 2.35. The molecule has 26 heavy (non-hydrogen) atoms. The second kappa shape index (κ2) is 9.31. The first-order chi connectivity index (χ1) is 12.3. The highest BCUT2D eigenvalue weighted by atomic mass is 35.5. The minimum absolute atomic E-state index is 0.179. The number of alkyl halides is 1. The molecule has 0 aromatic heterocycles. The Labute approximate surface area is 165 Å². The molecule has 0 aliphatic heterocycles. The van der Waals surface area contributed by atoms with Crippen LogP contribution < -0.4 is 10.1 Å². The molecular formula is C18H17Cl3FNO3. The number of carbonyl (C=O) groups is 1. The Morgan fingerprint density at radius 1 is 1.15 bits per heavy atom. The van der Waals surface area contributed by atoms with Gasteiger partial charge in [-0.05, 0) is 48.4 Å². The number of benzene rings is 2. The van der Waals surface area contributed by atoms with E-state index in [0.717, 1.165) is 17.8 Å². The van der Waals surface area contributed by atoms with Gasteiger partial charge in [-0.15, -0.1) is 0 Å². The summed E-state index contributed by atoms with van der Waals surface area (Å²) in [5.74, 6) is -1.29. The average molecular weight is 421 g/mol. The van der Waals surface area contributed by atoms with Crippen LogP contribution in [0.25, 0.3) is 0 Å². The molecule has 0 amide bonds. The second-order valence-electron chi connectivity index (χ2n) is 5.57. The van der Waals surface area contributed by atoms with Crippen LogP contribution >= 0.6 is 34.8 Å². The number of anilines is 1. The van der Waals surface area contributed by atoms with Gasteiger partial charge in [0.25, 0.3) is 0 Å². The molecule has 0 saturated carbocycles. The first-order valence-electron chi connectivity index (χ1n) is 7.81. The molecule has 0 heterocycles. The average Bonchev–Trinajstić information content (AvgIpc) is 2.53. The number of carboxylic acids is 1. The van der Waals surface area contributed by atoms with Crippen molar-refractivity contribution >= 4 is 46.5 Å². The second-order valence-corrected chi connectivity index (χ2v) is 6.82. The molecular weight excluding hydrogens is 404 g/mol. The Kier molecular flexibility index (Phi) is 7.38. The van der Waals surface area contributed by atoms with Crippen LogP contribution in [0.1, 0.15) is 18.1 Å². The van der Waals surface area contributed by atoms with Crippen molar-refractivity contribution in [3.05, 3.63) is 56.5 Å². The van der Waals surface area contributed by atoms with Crippen molar-refractivity contribution in [3.63, 3.8) is 0 Å². The van der Waals surface area contributed by atoms with Gasteiger partial charge in [-0.3, -0.25) is 0 Å². The van der Waals surface area contributed by atoms with Crippen molar-refractivity contribution in [1.29, 1.82) is 0 Å². The largest absolute Gasteiger partial charge is 0.486 e. The van der Waals surface area contributed by atoms with Crippen molar-refractivity contribution in [2.75, 3.05) is 11.9 Å². The maximum absolute atomic E-state index is 13.3. The first-order valence-corrected chi connectivity index (χ1v) is 8.94. The van der Waals surface area contributed by atoms with Gasteiger partial charge in [-0.2, -0.15) is 0 Å². The third-order valence-corrected chi connectivity index (χ3v) is 4.24. The van der Waals surface area contributed by atoms with Crippen LogP contribution in [0, 0.1) is 0 Å². The topological polar surface area (TPSA) is 58.6 Å². The quantitative estimate of drug-likeness (QED) is 0.581. The van der Waals surface area contributed by atoms with Crippen LogP contribution in [0.5, 0.6) is 5.75 Å². The van der Waals surface area contributed by atoms with Crippen molar-refractivity contribution in [3.8, 4) is 5.75 Å². The molecule has 0 saturated heterocycles. The van der Waals surface area contributed by atoms with Crippen LogP contribution in [0.15, 0.2) is 30.3 Å². The van der Waals surface area contributed by atoms with Crippen molar-refractivity contribution < 1.29 is 19.0 Å². The Bertz CT molecular complexity index is 778. The SMILES string of the molecule is CCNc1cc(Cl)cc(COc2c(Cl)cc(CC(F)C(=O)O)cc2Cl)c1. The normalized spacial score (nSPS) is 11.9. The summed E-state index contributed by atoms with van der Waals surface area (Å²) in [4.78, 5) is 10.6. The van der Waals surface area contributed by atoms with E-state index < -0.39 is 12.1 Å². The van der Waals surface area contributed by atoms with Crippen molar-refractivity contribution in [2.24, 2.45) is 0 Å². The Hall–Kier alpha value is -1.69. The van der Waals surface area contributed by atoms with Crippen LogP contribution in [0.3, 0.4) is 0 Å². The monoisotopic (exact) mass is 419 g/mol. The first kappa shape index (κ1) is 20.6. The van der Waals surface area contributed by atoms with Gasteiger partial charge in [0, 0.05) is 23.7 Å². The molecule has 1 unspecified atom stereocenters. The molecule has 0 radical (unpaired) electrons. The molecule has 0 aliphatic rings. The predicted molar refractivity (Wildman–Crippen MR) is 103 cm³/mol. The molecule has 1 atom stereocenters. The maximum Gasteiger partial charge on any atom is 0.338 e. The van der Waals surface area contributed by atoms with Crippen LogP contribution in [-0.4, -0.2) is 23.8 Å². The van der Waals surface area contributed by atoms with Crippen LogP contribution in [0.4, 0.5) is 10.1 Å². The molecule has 140 valence electrons. The number of nitrogens with one attached hydrogen (secondary N) is 1. The summed E-state index contributed by atoms with van der Waals surface area (Å²) in [5, 5.41) is 12.7. The summed E-state index contributed by atoms with van der Waals surface area (Å²) < 4.78 is 19.0. The summed E-state index contributed by atoms with van der Waals surface area (Å²) in [5.41, 5.74) is 2.06. The highest BCUT2D eigenvalue weighted by molar-refractivity contribution is 6.37. The van der Waals surface area contributed by atoms with Gasteiger partial charge < -0.3 is 15.2 Å². The molecule has 4 nitrogen and oxygen atoms in total. The Morgan fingerprint density at radius 3 is 2.38 bits per heavy atom. The molecule has 2 aromatic rings. The van der Waals surface area contributed by atoms with Gasteiger partial charge in [0.05, 0.1) is 10.0 Å². The summed E-state index contributed by atoms with van der Waals surface area (Å²) in [7, 11) is 0. The number of aliphatic carboxylic acids is 1. The zero-order valence-corrected chi connectivity index (χ0v) is 16.1. The minimum atomic E-state index is -2.02. The lowest BCUT2D eigenvalue weighted by atomic mass is 10.1. The standard InChI is InChI=1S/C18H17Cl3FNO3/c1-2-23-13-4-11(3-12(19)8-13)9-26-17-14(20)5-10(6-15(17)21)7-16(22)18(24)25/h3-6,8,16,23H,2,7,9H2,1H3,(H,24,25). The van der Waals surface area contributed by atoms with Crippen molar-refractivity contribution in [1.82, 2.24) is 0 Å². The highest BCUT2D eigenvalue weighted by Gasteiger charge is 2.18. The number of halogens is 4. The number of ether oxygens (including phenoxy) is 1. The summed E-state index contributed by atoms with van der Waals surface area (Å²) in [6.07, 6.45) is -2.35. The van der Waals surface area contributed by atoms with E-state index in [2.05, 4.69) is 5.32 Å². The summed E-state index contributed by atoms with van der Waals surface area (Å²) >= 11 is 18.4. The van der Waals surface area contributed by atoms with Gasteiger partial charge >= 0.3 is 5.97 Å². The summed E-state index contributed by atoms with van der Waals surface area (Å²) in [6.45, 7) is 2.91. The van der Waals surface area contributed by atoms with Gasteiger partial charge in [-0.1, -0.05) is 34.8 Å². The molecule has 0 bridgehead atoms. The van der Waals surface area contributed by atoms with E-state index in [0.29, 0.717) is 10.6 Å². The Balaban J connectivity index is 2.14. The molecule has 0 fully saturated rings. The van der Waals surface area contributed by atoms with E-state index >= 15 is 0 Å². The lowest BCUT2D eigenvalue weighted by Gasteiger charge is -2.13. The number of hydrogen-bond donors (Lipinski definition) is 2. The van der Waals surface area contributed by atoms with Crippen LogP contribution in [-0.2, 0) is 17.8 Å².